The van der Waals surface area contributed by atoms with Crippen LogP contribution in [0.15, 0.2) is 24.3 Å². The number of hydrogen-bond acceptors (Lipinski definition) is 4. The molecule has 0 N–H and O–H groups in total. The minimum absolute atomic E-state index is 0.186. The first-order valence-electron chi connectivity index (χ1n) is 9.64. The molecule has 3 aliphatic rings. The van der Waals surface area contributed by atoms with E-state index in [1.807, 2.05) is 29.2 Å². The second-order valence-corrected chi connectivity index (χ2v) is 8.81. The SMILES string of the molecule is CC1(C)OB(c2ccc(O[C@@H]3C[C@H]4CC[C@@H](C3)N4C=O)cc2)OC1(C)C. The van der Waals surface area contributed by atoms with Gasteiger partial charge in [-0.2, -0.15) is 0 Å². The van der Waals surface area contributed by atoms with E-state index in [1.165, 1.54) is 0 Å². The van der Waals surface area contributed by atoms with Gasteiger partial charge in [-0.15, -0.1) is 0 Å². The van der Waals surface area contributed by atoms with E-state index in [2.05, 4.69) is 27.7 Å². The summed E-state index contributed by atoms with van der Waals surface area (Å²) in [5, 5.41) is 0. The Labute approximate surface area is 156 Å². The Morgan fingerprint density at radius 3 is 2.08 bits per heavy atom. The van der Waals surface area contributed by atoms with Gasteiger partial charge >= 0.3 is 7.12 Å². The molecule has 2 bridgehead atoms. The number of rotatable bonds is 4. The predicted octanol–water partition coefficient (Wildman–Crippen LogP) is 2.52. The van der Waals surface area contributed by atoms with Crippen molar-refractivity contribution in [1.29, 1.82) is 0 Å². The Morgan fingerprint density at radius 1 is 1.04 bits per heavy atom. The van der Waals surface area contributed by atoms with Crippen LogP contribution in [0, 0.1) is 0 Å². The van der Waals surface area contributed by atoms with Crippen molar-refractivity contribution in [2.75, 3.05) is 0 Å². The zero-order valence-corrected chi connectivity index (χ0v) is 16.1. The average molecular weight is 357 g/mol. The predicted molar refractivity (Wildman–Crippen MR) is 101 cm³/mol. The van der Waals surface area contributed by atoms with E-state index in [9.17, 15) is 4.79 Å². The highest BCUT2D eigenvalue weighted by Crippen LogP contribution is 2.37. The quantitative estimate of drug-likeness (QED) is 0.614. The molecule has 0 unspecified atom stereocenters. The topological polar surface area (TPSA) is 48.0 Å². The number of piperidine rings is 1. The number of fused-ring (bicyclic) bond motifs is 2. The molecule has 0 spiro atoms. The molecule has 0 saturated carbocycles. The van der Waals surface area contributed by atoms with Gasteiger partial charge in [0.15, 0.2) is 0 Å². The number of benzene rings is 1. The first kappa shape index (κ1) is 17.9. The Morgan fingerprint density at radius 2 is 1.58 bits per heavy atom. The summed E-state index contributed by atoms with van der Waals surface area (Å²) in [6, 6.07) is 8.72. The van der Waals surface area contributed by atoms with Gasteiger partial charge in [0.1, 0.15) is 11.9 Å². The number of carbonyl (C=O) groups is 1. The first-order valence-corrected chi connectivity index (χ1v) is 9.64. The van der Waals surface area contributed by atoms with E-state index in [1.54, 1.807) is 0 Å². The maximum atomic E-state index is 11.2. The molecule has 3 atom stereocenters. The summed E-state index contributed by atoms with van der Waals surface area (Å²) in [5.74, 6) is 0.870. The molecular weight excluding hydrogens is 329 g/mol. The number of nitrogens with zero attached hydrogens (tertiary/aromatic N) is 1. The Bertz CT molecular complexity index is 645. The summed E-state index contributed by atoms with van der Waals surface area (Å²) in [7, 11) is -0.347. The highest BCUT2D eigenvalue weighted by atomic mass is 16.7. The lowest BCUT2D eigenvalue weighted by Gasteiger charge is -2.36. The molecule has 3 heterocycles. The van der Waals surface area contributed by atoms with Crippen LogP contribution in [0.4, 0.5) is 0 Å². The minimum Gasteiger partial charge on any atom is -0.490 e. The third-order valence-corrected chi connectivity index (χ3v) is 6.58. The lowest BCUT2D eigenvalue weighted by Crippen LogP contribution is -2.45. The Hall–Kier alpha value is -1.53. The fourth-order valence-electron chi connectivity index (χ4n) is 4.31. The van der Waals surface area contributed by atoms with Crippen molar-refractivity contribution in [3.63, 3.8) is 0 Å². The van der Waals surface area contributed by atoms with E-state index in [-0.39, 0.29) is 24.4 Å². The average Bonchev–Trinajstić information content (AvgIpc) is 2.96. The largest absolute Gasteiger partial charge is 0.494 e. The monoisotopic (exact) mass is 357 g/mol. The van der Waals surface area contributed by atoms with Crippen LogP contribution in [-0.2, 0) is 14.1 Å². The van der Waals surface area contributed by atoms with E-state index >= 15 is 0 Å². The summed E-state index contributed by atoms with van der Waals surface area (Å²) in [4.78, 5) is 13.2. The molecule has 26 heavy (non-hydrogen) atoms. The van der Waals surface area contributed by atoms with Crippen molar-refractivity contribution in [3.8, 4) is 5.75 Å². The van der Waals surface area contributed by atoms with Gasteiger partial charge in [0, 0.05) is 24.9 Å². The number of amides is 1. The van der Waals surface area contributed by atoms with Gasteiger partial charge in [-0.1, -0.05) is 12.1 Å². The number of carbonyl (C=O) groups excluding carboxylic acids is 1. The van der Waals surface area contributed by atoms with Gasteiger partial charge < -0.3 is 18.9 Å². The van der Waals surface area contributed by atoms with Crippen LogP contribution in [-0.4, -0.2) is 47.8 Å². The Balaban J connectivity index is 1.39. The van der Waals surface area contributed by atoms with Crippen LogP contribution < -0.4 is 10.2 Å². The lowest BCUT2D eigenvalue weighted by molar-refractivity contribution is -0.123. The zero-order chi connectivity index (χ0) is 18.5. The molecule has 0 aromatic heterocycles. The first-order chi connectivity index (χ1) is 12.3. The maximum Gasteiger partial charge on any atom is 0.494 e. The molecule has 140 valence electrons. The van der Waals surface area contributed by atoms with Gasteiger partial charge in [-0.3, -0.25) is 4.79 Å². The molecule has 3 aliphatic heterocycles. The molecule has 3 fully saturated rings. The molecule has 6 heteroatoms. The van der Waals surface area contributed by atoms with Gasteiger partial charge in [-0.25, -0.2) is 0 Å². The highest BCUT2D eigenvalue weighted by molar-refractivity contribution is 6.62. The summed E-state index contributed by atoms with van der Waals surface area (Å²) < 4.78 is 18.4. The van der Waals surface area contributed by atoms with Crippen LogP contribution in [0.2, 0.25) is 0 Å². The van der Waals surface area contributed by atoms with Crippen molar-refractivity contribution in [2.24, 2.45) is 0 Å². The summed E-state index contributed by atoms with van der Waals surface area (Å²) in [6.07, 6.45) is 5.25. The van der Waals surface area contributed by atoms with Crippen molar-refractivity contribution >= 4 is 19.0 Å². The highest BCUT2D eigenvalue weighted by Gasteiger charge is 2.51. The molecule has 0 radical (unpaired) electrons. The van der Waals surface area contributed by atoms with Crippen LogP contribution in [0.1, 0.15) is 53.4 Å². The van der Waals surface area contributed by atoms with Gasteiger partial charge in [0.25, 0.3) is 0 Å². The van der Waals surface area contributed by atoms with Crippen molar-refractivity contribution in [3.05, 3.63) is 24.3 Å². The third kappa shape index (κ3) is 3.03. The fourth-order valence-corrected chi connectivity index (χ4v) is 4.31. The summed E-state index contributed by atoms with van der Waals surface area (Å²) in [5.41, 5.74) is 0.337. The normalized spacial score (nSPS) is 31.9. The number of ether oxygens (including phenoxy) is 1. The van der Waals surface area contributed by atoms with Crippen LogP contribution in [0.25, 0.3) is 0 Å². The molecule has 1 aromatic rings. The van der Waals surface area contributed by atoms with Gasteiger partial charge in [0.05, 0.1) is 11.2 Å². The fraction of sp³-hybridized carbons (Fsp3) is 0.650. The maximum absolute atomic E-state index is 11.2. The third-order valence-electron chi connectivity index (χ3n) is 6.58. The van der Waals surface area contributed by atoms with E-state index < -0.39 is 0 Å². The van der Waals surface area contributed by atoms with Crippen molar-refractivity contribution in [1.82, 2.24) is 4.90 Å². The van der Waals surface area contributed by atoms with Crippen LogP contribution >= 0.6 is 0 Å². The molecule has 3 saturated heterocycles. The summed E-state index contributed by atoms with van der Waals surface area (Å²) >= 11 is 0. The molecular formula is C20H28BNO4. The Kier molecular flexibility index (Phi) is 4.31. The van der Waals surface area contributed by atoms with E-state index in [0.29, 0.717) is 12.1 Å². The van der Waals surface area contributed by atoms with Crippen molar-refractivity contribution < 1.29 is 18.8 Å². The summed E-state index contributed by atoms with van der Waals surface area (Å²) in [6.45, 7) is 8.24. The molecule has 1 amide bonds. The smallest absolute Gasteiger partial charge is 0.490 e. The molecule has 5 nitrogen and oxygen atoms in total. The number of hydrogen-bond donors (Lipinski definition) is 0. The molecule has 4 rings (SSSR count). The van der Waals surface area contributed by atoms with Crippen molar-refractivity contribution in [2.45, 2.75) is 82.8 Å². The van der Waals surface area contributed by atoms with E-state index in [4.69, 9.17) is 14.0 Å². The standard InChI is InChI=1S/C20H28BNO4/c1-19(2)20(3,4)26-21(25-19)14-5-9-17(10-6-14)24-18-11-15-7-8-16(12-18)22(15)13-23/h5-6,9-10,13,15-16,18H,7-8,11-12H2,1-4H3/t15-,16+,18-. The zero-order valence-electron chi connectivity index (χ0n) is 16.1. The molecule has 0 aliphatic carbocycles. The van der Waals surface area contributed by atoms with E-state index in [0.717, 1.165) is 43.3 Å². The van der Waals surface area contributed by atoms with Gasteiger partial charge in [0.2, 0.25) is 6.41 Å². The second kappa shape index (κ2) is 6.27. The van der Waals surface area contributed by atoms with Gasteiger partial charge in [-0.05, 0) is 58.1 Å². The van der Waals surface area contributed by atoms with Crippen LogP contribution in [0.3, 0.4) is 0 Å². The molecule has 1 aromatic carbocycles. The minimum atomic E-state index is -0.347. The lowest BCUT2D eigenvalue weighted by atomic mass is 9.79. The second-order valence-electron chi connectivity index (χ2n) is 8.81. The van der Waals surface area contributed by atoms with Crippen LogP contribution in [0.5, 0.6) is 5.75 Å².